The number of rotatable bonds is 9. The normalized spacial score (nSPS) is 12.0. The van der Waals surface area contributed by atoms with E-state index in [-0.39, 0.29) is 0 Å². The summed E-state index contributed by atoms with van der Waals surface area (Å²) in [7, 11) is 0.428. The van der Waals surface area contributed by atoms with E-state index in [1.165, 1.54) is 4.31 Å². The van der Waals surface area contributed by atoms with Crippen molar-refractivity contribution in [3.8, 4) is 0 Å². The molecule has 0 spiro atoms. The predicted octanol–water partition coefficient (Wildman–Crippen LogP) is 1.94. The van der Waals surface area contributed by atoms with Gasteiger partial charge in [0, 0.05) is 26.2 Å². The van der Waals surface area contributed by atoms with E-state index in [9.17, 15) is 8.42 Å². The van der Waals surface area contributed by atoms with Crippen molar-refractivity contribution >= 4 is 10.0 Å². The van der Waals surface area contributed by atoms with Gasteiger partial charge in [0.25, 0.3) is 0 Å². The molecule has 0 aliphatic rings. The van der Waals surface area contributed by atoms with Crippen molar-refractivity contribution in [2.45, 2.75) is 17.9 Å². The zero-order valence-corrected chi connectivity index (χ0v) is 15.7. The van der Waals surface area contributed by atoms with Crippen molar-refractivity contribution < 1.29 is 8.42 Å². The van der Waals surface area contributed by atoms with E-state index < -0.39 is 10.0 Å². The molecule has 0 unspecified atom stereocenters. The molecule has 0 amide bonds. The molecule has 0 radical (unpaired) electrons. The Labute approximate surface area is 151 Å². The molecule has 0 fully saturated rings. The fourth-order valence-electron chi connectivity index (χ4n) is 2.68. The van der Waals surface area contributed by atoms with Gasteiger partial charge in [-0.2, -0.15) is 4.31 Å². The Morgan fingerprint density at radius 1 is 0.880 bits per heavy atom. The lowest BCUT2D eigenvalue weighted by Crippen LogP contribution is -2.36. The quantitative estimate of drug-likeness (QED) is 0.741. The molecular weight excluding hydrogens is 334 g/mol. The second kappa shape index (κ2) is 9.10. The van der Waals surface area contributed by atoms with Crippen LogP contribution in [0.1, 0.15) is 11.1 Å². The van der Waals surface area contributed by atoms with Gasteiger partial charge < -0.3 is 10.6 Å². The molecule has 2 aromatic carbocycles. The van der Waals surface area contributed by atoms with Crippen molar-refractivity contribution in [2.24, 2.45) is 5.73 Å². The van der Waals surface area contributed by atoms with Crippen LogP contribution in [0.2, 0.25) is 0 Å². The molecule has 0 atom stereocenters. The van der Waals surface area contributed by atoms with Crippen molar-refractivity contribution in [2.75, 3.05) is 33.7 Å². The van der Waals surface area contributed by atoms with Crippen molar-refractivity contribution in [3.63, 3.8) is 0 Å². The third-order valence-corrected chi connectivity index (χ3v) is 5.84. The van der Waals surface area contributed by atoms with E-state index in [2.05, 4.69) is 0 Å². The molecule has 2 rings (SSSR count). The van der Waals surface area contributed by atoms with Crippen LogP contribution in [0.15, 0.2) is 59.5 Å². The van der Waals surface area contributed by atoms with Crippen molar-refractivity contribution in [1.29, 1.82) is 0 Å². The summed E-state index contributed by atoms with van der Waals surface area (Å²) in [6.07, 6.45) is 0.665. The van der Waals surface area contributed by atoms with Crippen LogP contribution in [0, 0.1) is 0 Å². The van der Waals surface area contributed by atoms with Gasteiger partial charge in [0.2, 0.25) is 10.0 Å². The molecule has 0 saturated carbocycles. The number of hydrogen-bond acceptors (Lipinski definition) is 4. The van der Waals surface area contributed by atoms with Gasteiger partial charge >= 0.3 is 0 Å². The molecule has 0 aromatic heterocycles. The summed E-state index contributed by atoms with van der Waals surface area (Å²) < 4.78 is 27.3. The standard InChI is InChI=1S/C19H27N3O2S/c1-21(2)16-18-8-10-19(11-9-18)25(23,24)22(15-13-20)14-12-17-6-4-3-5-7-17/h3-11H,12-16,20H2,1-2H3. The highest BCUT2D eigenvalue weighted by molar-refractivity contribution is 7.89. The Kier molecular flexibility index (Phi) is 7.13. The van der Waals surface area contributed by atoms with Crippen LogP contribution in [0.25, 0.3) is 0 Å². The Morgan fingerprint density at radius 3 is 2.08 bits per heavy atom. The number of benzene rings is 2. The summed E-state index contributed by atoms with van der Waals surface area (Å²) in [6.45, 7) is 1.81. The first-order valence-corrected chi connectivity index (χ1v) is 9.85. The molecule has 2 N–H and O–H groups in total. The van der Waals surface area contributed by atoms with Crippen LogP contribution in [-0.4, -0.2) is 51.4 Å². The average Bonchev–Trinajstić information content (AvgIpc) is 2.59. The minimum absolute atomic E-state index is 0.298. The number of nitrogens with two attached hydrogens (primary N) is 1. The van der Waals surface area contributed by atoms with Crippen LogP contribution in [-0.2, 0) is 23.0 Å². The summed E-state index contributed by atoms with van der Waals surface area (Å²) in [5.74, 6) is 0. The smallest absolute Gasteiger partial charge is 0.243 e. The molecule has 5 nitrogen and oxygen atoms in total. The fraction of sp³-hybridized carbons (Fsp3) is 0.368. The lowest BCUT2D eigenvalue weighted by Gasteiger charge is -2.22. The third kappa shape index (κ3) is 5.64. The summed E-state index contributed by atoms with van der Waals surface area (Å²) in [5.41, 5.74) is 7.83. The molecular formula is C19H27N3O2S. The second-order valence-electron chi connectivity index (χ2n) is 6.31. The van der Waals surface area contributed by atoms with Crippen LogP contribution >= 0.6 is 0 Å². The van der Waals surface area contributed by atoms with Gasteiger partial charge in [-0.1, -0.05) is 42.5 Å². The van der Waals surface area contributed by atoms with Crippen molar-refractivity contribution in [1.82, 2.24) is 9.21 Å². The predicted molar refractivity (Wildman–Crippen MR) is 102 cm³/mol. The molecule has 0 aliphatic carbocycles. The van der Waals surface area contributed by atoms with Crippen LogP contribution < -0.4 is 5.73 Å². The fourth-order valence-corrected chi connectivity index (χ4v) is 4.13. The van der Waals surface area contributed by atoms with Crippen molar-refractivity contribution in [3.05, 3.63) is 65.7 Å². The van der Waals surface area contributed by atoms with Crippen LogP contribution in [0.5, 0.6) is 0 Å². The Morgan fingerprint density at radius 2 is 1.52 bits per heavy atom. The summed E-state index contributed by atoms with van der Waals surface area (Å²) in [4.78, 5) is 2.36. The Balaban J connectivity index is 2.14. The first-order chi connectivity index (χ1) is 11.9. The van der Waals surface area contributed by atoms with Gasteiger partial charge in [0.1, 0.15) is 0 Å². The SMILES string of the molecule is CN(C)Cc1ccc(S(=O)(=O)N(CCN)CCc2ccccc2)cc1. The second-order valence-corrected chi connectivity index (χ2v) is 8.25. The first-order valence-electron chi connectivity index (χ1n) is 8.41. The number of hydrogen-bond donors (Lipinski definition) is 1. The van der Waals surface area contributed by atoms with E-state index >= 15 is 0 Å². The molecule has 0 saturated heterocycles. The van der Waals surface area contributed by atoms with Gasteiger partial charge in [0.05, 0.1) is 4.90 Å². The molecule has 0 heterocycles. The van der Waals surface area contributed by atoms with Gasteiger partial charge in [-0.15, -0.1) is 0 Å². The highest BCUT2D eigenvalue weighted by atomic mass is 32.2. The van der Waals surface area contributed by atoms with E-state index in [0.29, 0.717) is 31.0 Å². The Hall–Kier alpha value is -1.73. The van der Waals surface area contributed by atoms with E-state index in [1.54, 1.807) is 12.1 Å². The maximum absolute atomic E-state index is 12.9. The molecule has 2 aromatic rings. The minimum atomic E-state index is -3.54. The monoisotopic (exact) mass is 361 g/mol. The molecule has 136 valence electrons. The third-order valence-electron chi connectivity index (χ3n) is 3.93. The molecule has 0 aliphatic heterocycles. The topological polar surface area (TPSA) is 66.6 Å². The summed E-state index contributed by atoms with van der Waals surface area (Å²) in [6, 6.07) is 17.0. The number of sulfonamides is 1. The van der Waals surface area contributed by atoms with Crippen LogP contribution in [0.3, 0.4) is 0 Å². The zero-order valence-electron chi connectivity index (χ0n) is 14.9. The maximum Gasteiger partial charge on any atom is 0.243 e. The summed E-state index contributed by atoms with van der Waals surface area (Å²) >= 11 is 0. The van der Waals surface area contributed by atoms with E-state index in [1.807, 2.05) is 61.5 Å². The lowest BCUT2D eigenvalue weighted by molar-refractivity contribution is 0.402. The van der Waals surface area contributed by atoms with Gasteiger partial charge in [-0.3, -0.25) is 0 Å². The minimum Gasteiger partial charge on any atom is -0.329 e. The summed E-state index contributed by atoms with van der Waals surface area (Å²) in [5, 5.41) is 0. The average molecular weight is 362 g/mol. The van der Waals surface area contributed by atoms with E-state index in [4.69, 9.17) is 5.73 Å². The molecule has 6 heteroatoms. The van der Waals surface area contributed by atoms with E-state index in [0.717, 1.165) is 17.7 Å². The molecule has 25 heavy (non-hydrogen) atoms. The van der Waals surface area contributed by atoms with Gasteiger partial charge in [0.15, 0.2) is 0 Å². The highest BCUT2D eigenvalue weighted by Crippen LogP contribution is 2.17. The van der Waals surface area contributed by atoms with Gasteiger partial charge in [-0.05, 0) is 43.8 Å². The Bertz CT molecular complexity index is 744. The first kappa shape index (κ1) is 19.6. The highest BCUT2D eigenvalue weighted by Gasteiger charge is 2.23. The number of nitrogens with zero attached hydrogens (tertiary/aromatic N) is 2. The van der Waals surface area contributed by atoms with Gasteiger partial charge in [-0.25, -0.2) is 8.42 Å². The maximum atomic E-state index is 12.9. The molecule has 0 bridgehead atoms. The zero-order chi connectivity index (χ0) is 18.3. The largest absolute Gasteiger partial charge is 0.329 e. The van der Waals surface area contributed by atoms with Crippen LogP contribution in [0.4, 0.5) is 0 Å². The lowest BCUT2D eigenvalue weighted by atomic mass is 10.1.